The lowest BCUT2D eigenvalue weighted by atomic mass is 9.91. The Morgan fingerprint density at radius 1 is 0.657 bits per heavy atom. The van der Waals surface area contributed by atoms with Crippen molar-refractivity contribution in [2.45, 2.75) is 60.0 Å². The lowest BCUT2D eigenvalue weighted by Crippen LogP contribution is -2.75. The highest BCUT2D eigenvalue weighted by Crippen LogP contribution is 2.64. The van der Waals surface area contributed by atoms with Crippen molar-refractivity contribution in [2.75, 3.05) is 19.7 Å². The van der Waals surface area contributed by atoms with Crippen molar-refractivity contribution < 1.29 is 87.8 Å². The first-order chi connectivity index (χ1) is 15.0. The van der Waals surface area contributed by atoms with Crippen LogP contribution in [0.1, 0.15) is 6.92 Å². The van der Waals surface area contributed by atoms with Crippen molar-refractivity contribution in [1.82, 2.24) is 4.31 Å². The summed E-state index contributed by atoms with van der Waals surface area (Å²) in [4.78, 5) is 0. The van der Waals surface area contributed by atoms with E-state index in [-0.39, 0.29) is 0 Å². The van der Waals surface area contributed by atoms with E-state index in [1.807, 2.05) is 0 Å². The Morgan fingerprint density at radius 3 is 1.26 bits per heavy atom. The number of rotatable bonds is 11. The molecule has 1 unspecified atom stereocenters. The number of alkyl halides is 17. The van der Waals surface area contributed by atoms with Crippen molar-refractivity contribution in [2.24, 2.45) is 0 Å². The van der Waals surface area contributed by atoms with E-state index in [1.54, 1.807) is 0 Å². The molecule has 1 aliphatic rings. The molecule has 0 radical (unpaired) electrons. The molecule has 22 heteroatoms. The molecule has 1 atom stereocenters. The van der Waals surface area contributed by atoms with Gasteiger partial charge in [0.15, 0.2) is 0 Å². The van der Waals surface area contributed by atoms with E-state index in [2.05, 4.69) is 4.74 Å². The van der Waals surface area contributed by atoms with Crippen molar-refractivity contribution in [3.05, 3.63) is 0 Å². The maximum Gasteiger partial charge on any atom is 0.460 e. The van der Waals surface area contributed by atoms with E-state index in [0.29, 0.717) is 6.92 Å². The molecule has 4 nitrogen and oxygen atoms in total. The lowest BCUT2D eigenvalue weighted by Gasteiger charge is -2.43. The highest BCUT2D eigenvalue weighted by molar-refractivity contribution is 7.90. The van der Waals surface area contributed by atoms with E-state index in [1.165, 1.54) is 0 Å². The second kappa shape index (κ2) is 8.35. The fourth-order valence-electron chi connectivity index (χ4n) is 2.27. The third kappa shape index (κ3) is 4.19. The Labute approximate surface area is 183 Å². The van der Waals surface area contributed by atoms with Crippen LogP contribution in [0.5, 0.6) is 0 Å². The van der Waals surface area contributed by atoms with Crippen LogP contribution in [0.15, 0.2) is 0 Å². The molecule has 1 rings (SSSR count). The van der Waals surface area contributed by atoms with Crippen LogP contribution >= 0.6 is 0 Å². The first-order valence-corrected chi connectivity index (χ1v) is 9.80. The first kappa shape index (κ1) is 31.7. The molecule has 0 aromatic rings. The normalized spacial score (nSPS) is 19.9. The summed E-state index contributed by atoms with van der Waals surface area (Å²) in [6.07, 6.45) is -9.16. The van der Waals surface area contributed by atoms with Gasteiger partial charge in [-0.3, -0.25) is 0 Å². The van der Waals surface area contributed by atoms with Crippen LogP contribution in [0.25, 0.3) is 0 Å². The largest absolute Gasteiger partial charge is 0.460 e. The number of epoxide rings is 1. The lowest BCUT2D eigenvalue weighted by molar-refractivity contribution is -0.458. The highest BCUT2D eigenvalue weighted by Gasteiger charge is 2.96. The SMILES string of the molecule is CCN(CC1CO1)S(=O)(=O)C(F)(F)C(F)(F)C(F)(F)C(F)(F)C(F)(F)C(F)(F)C(F)(F)C(F)(F)F. The maximum atomic E-state index is 14.0. The van der Waals surface area contributed by atoms with Crippen molar-refractivity contribution >= 4 is 10.0 Å². The number of hydrogen-bond donors (Lipinski definition) is 0. The van der Waals surface area contributed by atoms with Gasteiger partial charge in [-0.15, -0.1) is 0 Å². The van der Waals surface area contributed by atoms with Gasteiger partial charge in [0.1, 0.15) is 0 Å². The van der Waals surface area contributed by atoms with E-state index in [0.717, 1.165) is 0 Å². The fraction of sp³-hybridized carbons (Fsp3) is 1.00. The van der Waals surface area contributed by atoms with Crippen LogP contribution in [0.4, 0.5) is 74.6 Å². The molecule has 0 aliphatic carbocycles. The van der Waals surface area contributed by atoms with Gasteiger partial charge in [0.25, 0.3) is 10.0 Å². The molecule has 1 saturated heterocycles. The number of halogens is 17. The predicted molar refractivity (Wildman–Crippen MR) is 76.6 cm³/mol. The van der Waals surface area contributed by atoms with Crippen molar-refractivity contribution in [3.8, 4) is 0 Å². The van der Waals surface area contributed by atoms with Gasteiger partial charge in [-0.05, 0) is 0 Å². The summed E-state index contributed by atoms with van der Waals surface area (Å²) in [6, 6.07) is 0. The van der Waals surface area contributed by atoms with E-state index in [4.69, 9.17) is 0 Å². The van der Waals surface area contributed by atoms with Gasteiger partial charge in [0, 0.05) is 13.1 Å². The van der Waals surface area contributed by atoms with Gasteiger partial charge in [0.05, 0.1) is 12.7 Å². The molecule has 210 valence electrons. The number of ether oxygens (including phenoxy) is 1. The quantitative estimate of drug-likeness (QED) is 0.254. The molecule has 1 heterocycles. The molecule has 1 fully saturated rings. The van der Waals surface area contributed by atoms with Gasteiger partial charge in [-0.1, -0.05) is 6.92 Å². The summed E-state index contributed by atoms with van der Waals surface area (Å²) in [5.41, 5.74) is 0. The summed E-state index contributed by atoms with van der Waals surface area (Å²) >= 11 is 0. The van der Waals surface area contributed by atoms with E-state index in [9.17, 15) is 83.1 Å². The molecule has 0 amide bonds. The van der Waals surface area contributed by atoms with Crippen LogP contribution < -0.4 is 0 Å². The van der Waals surface area contributed by atoms with Gasteiger partial charge < -0.3 is 4.74 Å². The van der Waals surface area contributed by atoms with Crippen LogP contribution in [0, 0.1) is 0 Å². The number of hydrogen-bond acceptors (Lipinski definition) is 3. The molecule has 0 aromatic carbocycles. The Balaban J connectivity index is 3.68. The number of likely N-dealkylation sites (N-methyl/N-ethyl adjacent to an activating group) is 1. The summed E-state index contributed by atoms with van der Waals surface area (Å²) in [7, 11) is -7.24. The third-order valence-corrected chi connectivity index (χ3v) is 6.51. The maximum absolute atomic E-state index is 14.0. The zero-order chi connectivity index (χ0) is 28.5. The average molecular weight is 583 g/mol. The van der Waals surface area contributed by atoms with Crippen LogP contribution in [0.2, 0.25) is 0 Å². The van der Waals surface area contributed by atoms with Gasteiger partial charge >= 0.3 is 47.0 Å². The molecular weight excluding hydrogens is 573 g/mol. The molecule has 0 aromatic heterocycles. The molecule has 0 N–H and O–H groups in total. The summed E-state index contributed by atoms with van der Waals surface area (Å²) in [6.45, 7) is -2.36. The summed E-state index contributed by atoms with van der Waals surface area (Å²) < 4.78 is 252. The average Bonchev–Trinajstić information content (AvgIpc) is 3.47. The van der Waals surface area contributed by atoms with Crippen LogP contribution in [-0.4, -0.2) is 85.5 Å². The Hall–Kier alpha value is -1.32. The van der Waals surface area contributed by atoms with Crippen LogP contribution in [-0.2, 0) is 14.8 Å². The summed E-state index contributed by atoms with van der Waals surface area (Å²) in [5, 5.41) is -7.53. The zero-order valence-electron chi connectivity index (χ0n) is 16.2. The smallest absolute Gasteiger partial charge is 0.372 e. The minimum atomic E-state index is -8.84. The molecule has 0 saturated carbocycles. The predicted octanol–water partition coefficient (Wildman–Crippen LogP) is 5.00. The van der Waals surface area contributed by atoms with Gasteiger partial charge in [-0.2, -0.15) is 78.9 Å². The Morgan fingerprint density at radius 2 is 0.971 bits per heavy atom. The number of nitrogens with zero attached hydrogens (tertiary/aromatic N) is 1. The fourth-order valence-corrected chi connectivity index (χ4v) is 3.75. The monoisotopic (exact) mass is 583 g/mol. The standard InChI is InChI=1S/C13H10F17NO3S/c1-2-31(3-5-4-34-5)35(32,33)13(29,30)11(24,25)9(20,21)7(16,17)6(14,15)8(18,19)10(22,23)12(26,27)28/h5H,2-4H2,1H3. The molecule has 0 bridgehead atoms. The van der Waals surface area contributed by atoms with Crippen LogP contribution in [0.3, 0.4) is 0 Å². The highest BCUT2D eigenvalue weighted by atomic mass is 32.2. The van der Waals surface area contributed by atoms with Gasteiger partial charge in [0.2, 0.25) is 0 Å². The zero-order valence-corrected chi connectivity index (χ0v) is 17.0. The third-order valence-electron chi connectivity index (χ3n) is 4.52. The van der Waals surface area contributed by atoms with Gasteiger partial charge in [-0.25, -0.2) is 8.42 Å². The van der Waals surface area contributed by atoms with Crippen molar-refractivity contribution in [3.63, 3.8) is 0 Å². The molecule has 35 heavy (non-hydrogen) atoms. The Bertz CT molecular complexity index is 893. The Kier molecular flexibility index (Phi) is 7.56. The minimum absolute atomic E-state index is 0.392. The van der Waals surface area contributed by atoms with E-state index >= 15 is 0 Å². The molecule has 0 spiro atoms. The summed E-state index contributed by atoms with van der Waals surface area (Å²) in [5.74, 6) is -51.6. The topological polar surface area (TPSA) is 49.9 Å². The minimum Gasteiger partial charge on any atom is -0.372 e. The molecular formula is C13H10F17NO3S. The second-order valence-corrected chi connectivity index (χ2v) is 8.85. The van der Waals surface area contributed by atoms with E-state index < -0.39 is 87.1 Å². The first-order valence-electron chi connectivity index (χ1n) is 8.36. The number of sulfonamides is 1. The molecule has 1 aliphatic heterocycles. The van der Waals surface area contributed by atoms with Crippen molar-refractivity contribution in [1.29, 1.82) is 0 Å². The second-order valence-electron chi connectivity index (χ2n) is 6.87.